The Labute approximate surface area is 85.0 Å². The van der Waals surface area contributed by atoms with Crippen molar-refractivity contribution in [1.29, 1.82) is 0 Å². The van der Waals surface area contributed by atoms with Crippen molar-refractivity contribution < 1.29 is 0 Å². The third kappa shape index (κ3) is 1.04. The fraction of sp³-hybridized carbons (Fsp3) is 0.375. The number of hydrogen-bond donors (Lipinski definition) is 1. The smallest absolute Gasteiger partial charge is 0.327 e. The van der Waals surface area contributed by atoms with Gasteiger partial charge in [0.05, 0.1) is 0 Å². The molecule has 0 amide bonds. The predicted molar refractivity (Wildman–Crippen MR) is 55.9 cm³/mol. The van der Waals surface area contributed by atoms with Gasteiger partial charge in [0.25, 0.3) is 0 Å². The maximum atomic E-state index is 11.4. The van der Waals surface area contributed by atoms with E-state index in [1.807, 2.05) is 18.5 Å². The molecule has 2 aromatic heterocycles. The van der Waals surface area contributed by atoms with Gasteiger partial charge >= 0.3 is 5.69 Å². The van der Waals surface area contributed by atoms with E-state index in [1.54, 1.807) is 7.05 Å². The molecular formula is C8H10N4OS. The van der Waals surface area contributed by atoms with E-state index in [0.717, 1.165) is 11.3 Å². The van der Waals surface area contributed by atoms with Gasteiger partial charge in [-0.05, 0) is 6.92 Å². The van der Waals surface area contributed by atoms with Crippen LogP contribution in [0.25, 0.3) is 11.2 Å². The normalized spacial score (nSPS) is 11.1. The SMILES string of the molecule is Cc1nc2c(c(=S)[nH]c(=O)n2C)n1C. The van der Waals surface area contributed by atoms with Gasteiger partial charge in [-0.3, -0.25) is 9.55 Å². The van der Waals surface area contributed by atoms with Crippen LogP contribution in [0.4, 0.5) is 0 Å². The molecule has 0 aromatic carbocycles. The molecule has 0 saturated carbocycles. The number of rotatable bonds is 0. The van der Waals surface area contributed by atoms with Gasteiger partial charge in [-0.2, -0.15) is 0 Å². The highest BCUT2D eigenvalue weighted by molar-refractivity contribution is 7.71. The molecule has 2 rings (SSSR count). The second-order valence-corrected chi connectivity index (χ2v) is 3.62. The van der Waals surface area contributed by atoms with Crippen LogP contribution >= 0.6 is 12.2 Å². The van der Waals surface area contributed by atoms with Crippen molar-refractivity contribution in [3.05, 3.63) is 20.9 Å². The van der Waals surface area contributed by atoms with Crippen LogP contribution in [0.1, 0.15) is 5.82 Å². The van der Waals surface area contributed by atoms with E-state index in [2.05, 4.69) is 9.97 Å². The van der Waals surface area contributed by atoms with E-state index < -0.39 is 0 Å². The highest BCUT2D eigenvalue weighted by Crippen LogP contribution is 2.11. The number of fused-ring (bicyclic) bond motifs is 1. The summed E-state index contributed by atoms with van der Waals surface area (Å²) in [6, 6.07) is 0. The molecule has 1 N–H and O–H groups in total. The zero-order valence-corrected chi connectivity index (χ0v) is 8.97. The highest BCUT2D eigenvalue weighted by atomic mass is 32.1. The minimum atomic E-state index is -0.236. The van der Waals surface area contributed by atoms with E-state index in [0.29, 0.717) is 10.3 Å². The molecular weight excluding hydrogens is 200 g/mol. The Hall–Kier alpha value is -1.43. The summed E-state index contributed by atoms with van der Waals surface area (Å²) in [5.74, 6) is 0.834. The fourth-order valence-electron chi connectivity index (χ4n) is 1.42. The minimum absolute atomic E-state index is 0.236. The molecule has 0 aliphatic heterocycles. The number of nitrogens with zero attached hydrogens (tertiary/aromatic N) is 3. The summed E-state index contributed by atoms with van der Waals surface area (Å²) in [4.78, 5) is 18.2. The van der Waals surface area contributed by atoms with Crippen molar-refractivity contribution in [3.8, 4) is 0 Å². The lowest BCUT2D eigenvalue weighted by Gasteiger charge is -1.99. The van der Waals surface area contributed by atoms with Gasteiger partial charge < -0.3 is 4.57 Å². The van der Waals surface area contributed by atoms with Crippen molar-refractivity contribution >= 4 is 23.4 Å². The number of aryl methyl sites for hydroxylation is 3. The molecule has 0 fully saturated rings. The molecule has 5 nitrogen and oxygen atoms in total. The number of imidazole rings is 1. The Kier molecular flexibility index (Phi) is 1.81. The van der Waals surface area contributed by atoms with Crippen molar-refractivity contribution in [2.75, 3.05) is 0 Å². The van der Waals surface area contributed by atoms with Crippen molar-refractivity contribution in [2.24, 2.45) is 14.1 Å². The van der Waals surface area contributed by atoms with Gasteiger partial charge in [0.15, 0.2) is 5.65 Å². The molecule has 0 aliphatic carbocycles. The lowest BCUT2D eigenvalue weighted by molar-refractivity contribution is 0.836. The largest absolute Gasteiger partial charge is 0.328 e. The first-order valence-corrected chi connectivity index (χ1v) is 4.55. The van der Waals surface area contributed by atoms with E-state index >= 15 is 0 Å². The first kappa shape index (κ1) is 9.14. The molecule has 0 bridgehead atoms. The second kappa shape index (κ2) is 2.78. The summed E-state index contributed by atoms with van der Waals surface area (Å²) in [6.07, 6.45) is 0. The molecule has 0 unspecified atom stereocenters. The Balaban J connectivity index is 3.18. The lowest BCUT2D eigenvalue weighted by atomic mass is 10.5. The molecule has 2 aromatic rings. The number of nitrogens with one attached hydrogen (secondary N) is 1. The summed E-state index contributed by atoms with van der Waals surface area (Å²) in [5.41, 5.74) is 1.18. The lowest BCUT2D eigenvalue weighted by Crippen LogP contribution is -2.20. The van der Waals surface area contributed by atoms with Gasteiger partial charge in [0.2, 0.25) is 0 Å². The summed E-state index contributed by atoms with van der Waals surface area (Å²) < 4.78 is 3.76. The molecule has 14 heavy (non-hydrogen) atoms. The van der Waals surface area contributed by atoms with E-state index in [1.165, 1.54) is 4.57 Å². The van der Waals surface area contributed by atoms with E-state index in [4.69, 9.17) is 12.2 Å². The monoisotopic (exact) mass is 210 g/mol. The van der Waals surface area contributed by atoms with Gasteiger partial charge in [0, 0.05) is 14.1 Å². The third-order valence-corrected chi connectivity index (χ3v) is 2.65. The molecule has 6 heteroatoms. The van der Waals surface area contributed by atoms with Crippen LogP contribution in [0.3, 0.4) is 0 Å². The Morgan fingerprint density at radius 2 is 2.00 bits per heavy atom. The topological polar surface area (TPSA) is 55.6 Å². The summed E-state index contributed by atoms with van der Waals surface area (Å²) in [7, 11) is 3.54. The number of aromatic amines is 1. The van der Waals surface area contributed by atoms with Crippen LogP contribution in [0.2, 0.25) is 0 Å². The zero-order chi connectivity index (χ0) is 10.5. The van der Waals surface area contributed by atoms with Gasteiger partial charge in [0.1, 0.15) is 16.0 Å². The molecule has 74 valence electrons. The second-order valence-electron chi connectivity index (χ2n) is 3.21. The maximum Gasteiger partial charge on any atom is 0.327 e. The van der Waals surface area contributed by atoms with Gasteiger partial charge in [-0.1, -0.05) is 12.2 Å². The maximum absolute atomic E-state index is 11.4. The van der Waals surface area contributed by atoms with Crippen LogP contribution in [0.5, 0.6) is 0 Å². The zero-order valence-electron chi connectivity index (χ0n) is 8.16. The Morgan fingerprint density at radius 3 is 2.64 bits per heavy atom. The quantitative estimate of drug-likeness (QED) is 0.649. The molecule has 0 radical (unpaired) electrons. The third-order valence-electron chi connectivity index (χ3n) is 2.36. The van der Waals surface area contributed by atoms with E-state index in [9.17, 15) is 4.79 Å². The number of H-pyrrole nitrogens is 1. The van der Waals surface area contributed by atoms with Gasteiger partial charge in [-0.25, -0.2) is 9.78 Å². The van der Waals surface area contributed by atoms with Crippen LogP contribution in [-0.4, -0.2) is 19.1 Å². The van der Waals surface area contributed by atoms with Crippen molar-refractivity contribution in [1.82, 2.24) is 19.1 Å². The average molecular weight is 210 g/mol. The fourth-order valence-corrected chi connectivity index (χ4v) is 1.73. The van der Waals surface area contributed by atoms with E-state index in [-0.39, 0.29) is 5.69 Å². The highest BCUT2D eigenvalue weighted by Gasteiger charge is 2.09. The van der Waals surface area contributed by atoms with Crippen LogP contribution in [0, 0.1) is 11.6 Å². The standard InChI is InChI=1S/C8H10N4OS/c1-4-9-6-5(11(4)2)7(14)10-8(13)12(6)3/h1-3H3,(H,10,13,14). The van der Waals surface area contributed by atoms with Gasteiger partial charge in [-0.15, -0.1) is 0 Å². The van der Waals surface area contributed by atoms with Crippen LogP contribution in [0.15, 0.2) is 4.79 Å². The number of hydrogen-bond acceptors (Lipinski definition) is 3. The average Bonchev–Trinajstić information content (AvgIpc) is 2.40. The summed E-state index contributed by atoms with van der Waals surface area (Å²) >= 11 is 5.07. The first-order chi connectivity index (χ1) is 6.52. The summed E-state index contributed by atoms with van der Waals surface area (Å²) in [6.45, 7) is 1.87. The predicted octanol–water partition coefficient (Wildman–Crippen LogP) is 0.638. The molecule has 0 atom stereocenters. The minimum Gasteiger partial charge on any atom is -0.328 e. The molecule has 0 saturated heterocycles. The van der Waals surface area contributed by atoms with Crippen molar-refractivity contribution in [2.45, 2.75) is 6.92 Å². The van der Waals surface area contributed by atoms with Crippen LogP contribution < -0.4 is 5.69 Å². The molecule has 2 heterocycles. The van der Waals surface area contributed by atoms with Crippen LogP contribution in [-0.2, 0) is 14.1 Å². The Morgan fingerprint density at radius 1 is 1.36 bits per heavy atom. The van der Waals surface area contributed by atoms with Crippen molar-refractivity contribution in [3.63, 3.8) is 0 Å². The first-order valence-electron chi connectivity index (χ1n) is 4.14. The molecule has 0 aliphatic rings. The molecule has 0 spiro atoms. The summed E-state index contributed by atoms with van der Waals surface area (Å²) in [5, 5.41) is 0. The number of aromatic nitrogens is 4. The Bertz CT molecular complexity index is 619.